The topological polar surface area (TPSA) is 47.6 Å². The second-order valence-electron chi connectivity index (χ2n) is 4.32. The van der Waals surface area contributed by atoms with Gasteiger partial charge in [0.2, 0.25) is 0 Å². The van der Waals surface area contributed by atoms with Crippen molar-refractivity contribution in [1.82, 2.24) is 5.32 Å². The van der Waals surface area contributed by atoms with Crippen molar-refractivity contribution in [2.24, 2.45) is 0 Å². The number of fused-ring (bicyclic) bond motifs is 1. The monoisotopic (exact) mass is 309 g/mol. The highest BCUT2D eigenvalue weighted by atomic mass is 35.5. The van der Waals surface area contributed by atoms with Gasteiger partial charge in [0.05, 0.1) is 11.5 Å². The number of halogens is 1. The molecular formula is C14H12ClNO3S. The molecule has 1 N–H and O–H groups in total. The number of amides is 1. The first-order chi connectivity index (χ1) is 9.74. The van der Waals surface area contributed by atoms with Crippen LogP contribution in [0.3, 0.4) is 0 Å². The van der Waals surface area contributed by atoms with E-state index in [4.69, 9.17) is 21.1 Å². The van der Waals surface area contributed by atoms with E-state index in [-0.39, 0.29) is 12.7 Å². The third-order valence-electron chi connectivity index (χ3n) is 2.94. The minimum absolute atomic E-state index is 0.0965. The number of rotatable bonds is 3. The quantitative estimate of drug-likeness (QED) is 0.947. The van der Waals surface area contributed by atoms with E-state index >= 15 is 0 Å². The number of nitrogens with one attached hydrogen (secondary N) is 1. The van der Waals surface area contributed by atoms with Crippen LogP contribution in [-0.2, 0) is 17.9 Å². The summed E-state index contributed by atoms with van der Waals surface area (Å²) in [5.41, 5.74) is 1.77. The predicted molar refractivity (Wildman–Crippen MR) is 77.2 cm³/mol. The smallest absolute Gasteiger partial charge is 0.261 e. The van der Waals surface area contributed by atoms with Gasteiger partial charge < -0.3 is 14.8 Å². The molecular weight excluding hydrogens is 298 g/mol. The molecule has 0 saturated heterocycles. The van der Waals surface area contributed by atoms with Crippen molar-refractivity contribution in [2.75, 3.05) is 6.79 Å². The maximum atomic E-state index is 11.9. The number of carbonyl (C=O) groups is 1. The molecule has 2 heterocycles. The Morgan fingerprint density at radius 2 is 2.35 bits per heavy atom. The lowest BCUT2D eigenvalue weighted by Crippen LogP contribution is -2.23. The van der Waals surface area contributed by atoms with Crippen LogP contribution < -0.4 is 10.1 Å². The molecule has 3 rings (SSSR count). The zero-order valence-corrected chi connectivity index (χ0v) is 12.1. The number of hydrogen-bond acceptors (Lipinski definition) is 4. The molecule has 1 aliphatic heterocycles. The van der Waals surface area contributed by atoms with Gasteiger partial charge in [-0.2, -0.15) is 0 Å². The number of carbonyl (C=O) groups excluding carboxylic acids is 1. The van der Waals surface area contributed by atoms with E-state index in [1.807, 2.05) is 17.5 Å². The van der Waals surface area contributed by atoms with E-state index in [1.54, 1.807) is 12.1 Å². The molecule has 1 amide bonds. The Hall–Kier alpha value is -1.56. The van der Waals surface area contributed by atoms with Crippen LogP contribution in [0, 0.1) is 0 Å². The van der Waals surface area contributed by atoms with Gasteiger partial charge in [0.1, 0.15) is 5.75 Å². The van der Waals surface area contributed by atoms with Crippen LogP contribution >= 0.6 is 22.9 Å². The molecule has 1 aromatic heterocycles. The first-order valence-corrected chi connectivity index (χ1v) is 7.33. The molecule has 4 nitrogen and oxygen atoms in total. The van der Waals surface area contributed by atoms with Crippen molar-refractivity contribution in [2.45, 2.75) is 13.2 Å². The van der Waals surface area contributed by atoms with Crippen molar-refractivity contribution in [3.63, 3.8) is 0 Å². The van der Waals surface area contributed by atoms with Crippen molar-refractivity contribution in [3.8, 4) is 5.75 Å². The number of ether oxygens (including phenoxy) is 2. The third-order valence-corrected chi connectivity index (χ3v) is 4.02. The number of thiophene rings is 1. The van der Waals surface area contributed by atoms with Crippen LogP contribution in [0.2, 0.25) is 5.02 Å². The van der Waals surface area contributed by atoms with E-state index < -0.39 is 0 Å². The molecule has 0 spiro atoms. The van der Waals surface area contributed by atoms with Gasteiger partial charge in [-0.15, -0.1) is 11.3 Å². The van der Waals surface area contributed by atoms with Crippen molar-refractivity contribution < 1.29 is 14.3 Å². The summed E-state index contributed by atoms with van der Waals surface area (Å²) in [5.74, 6) is 0.660. The lowest BCUT2D eigenvalue weighted by Gasteiger charge is -2.21. The van der Waals surface area contributed by atoms with Crippen molar-refractivity contribution in [1.29, 1.82) is 0 Å². The fourth-order valence-corrected chi connectivity index (χ4v) is 2.96. The van der Waals surface area contributed by atoms with Crippen LogP contribution in [0.1, 0.15) is 20.8 Å². The molecule has 1 aliphatic rings. The normalized spacial score (nSPS) is 13.4. The maximum Gasteiger partial charge on any atom is 0.261 e. The van der Waals surface area contributed by atoms with Crippen LogP contribution in [0.15, 0.2) is 29.6 Å². The molecule has 2 aromatic rings. The summed E-state index contributed by atoms with van der Waals surface area (Å²) in [7, 11) is 0. The number of benzene rings is 1. The fourth-order valence-electron chi connectivity index (χ4n) is 2.06. The van der Waals surface area contributed by atoms with Gasteiger partial charge in [0.15, 0.2) is 6.79 Å². The molecule has 104 valence electrons. The summed E-state index contributed by atoms with van der Waals surface area (Å²) in [4.78, 5) is 12.6. The van der Waals surface area contributed by atoms with Gasteiger partial charge in [0.25, 0.3) is 5.91 Å². The molecule has 0 bridgehead atoms. The summed E-state index contributed by atoms with van der Waals surface area (Å²) >= 11 is 7.48. The minimum atomic E-state index is -0.0965. The highest BCUT2D eigenvalue weighted by Crippen LogP contribution is 2.31. The van der Waals surface area contributed by atoms with E-state index in [1.165, 1.54) is 11.3 Å². The van der Waals surface area contributed by atoms with Crippen LogP contribution in [-0.4, -0.2) is 12.7 Å². The van der Waals surface area contributed by atoms with Crippen LogP contribution in [0.4, 0.5) is 0 Å². The van der Waals surface area contributed by atoms with Crippen LogP contribution in [0.5, 0.6) is 5.75 Å². The Balaban J connectivity index is 1.77. The lowest BCUT2D eigenvalue weighted by molar-refractivity contribution is -0.0170. The average Bonchev–Trinajstić information content (AvgIpc) is 2.98. The Morgan fingerprint density at radius 3 is 3.15 bits per heavy atom. The Kier molecular flexibility index (Phi) is 3.91. The predicted octanol–water partition coefficient (Wildman–Crippen LogP) is 3.20. The molecule has 0 radical (unpaired) electrons. The molecule has 0 aliphatic carbocycles. The molecule has 1 aromatic carbocycles. The fraction of sp³-hybridized carbons (Fsp3) is 0.214. The highest BCUT2D eigenvalue weighted by Gasteiger charge is 2.17. The first-order valence-electron chi connectivity index (χ1n) is 6.07. The summed E-state index contributed by atoms with van der Waals surface area (Å²) in [6, 6.07) is 7.26. The van der Waals surface area contributed by atoms with Crippen LogP contribution in [0.25, 0.3) is 0 Å². The van der Waals surface area contributed by atoms with Gasteiger partial charge in [0, 0.05) is 22.7 Å². The Morgan fingerprint density at radius 1 is 1.45 bits per heavy atom. The van der Waals surface area contributed by atoms with Gasteiger partial charge in [-0.1, -0.05) is 17.7 Å². The lowest BCUT2D eigenvalue weighted by atomic mass is 10.1. The summed E-state index contributed by atoms with van der Waals surface area (Å²) in [6.45, 7) is 1.07. The molecule has 6 heteroatoms. The molecule has 0 fully saturated rings. The zero-order chi connectivity index (χ0) is 13.9. The second-order valence-corrected chi connectivity index (χ2v) is 5.71. The molecule has 0 unspecified atom stereocenters. The van der Waals surface area contributed by atoms with Gasteiger partial charge in [-0.25, -0.2) is 0 Å². The van der Waals surface area contributed by atoms with E-state index in [0.29, 0.717) is 23.1 Å². The standard InChI is InChI=1S/C14H12ClNO3S/c15-11-4-9(13-10(5-11)7-18-8-19-13)6-16-14(17)12-2-1-3-20-12/h1-5H,6-8H2,(H,16,17). The SMILES string of the molecule is O=C(NCc1cc(Cl)cc2c1OCOC2)c1cccs1. The Bertz CT molecular complexity index is 628. The minimum Gasteiger partial charge on any atom is -0.467 e. The summed E-state index contributed by atoms with van der Waals surface area (Å²) in [6.07, 6.45) is 0. The van der Waals surface area contributed by atoms with Gasteiger partial charge >= 0.3 is 0 Å². The third kappa shape index (κ3) is 2.80. The van der Waals surface area contributed by atoms with E-state index in [0.717, 1.165) is 16.9 Å². The van der Waals surface area contributed by atoms with Gasteiger partial charge in [-0.3, -0.25) is 4.79 Å². The Labute approximate surface area is 125 Å². The maximum absolute atomic E-state index is 11.9. The van der Waals surface area contributed by atoms with Crippen molar-refractivity contribution >= 4 is 28.8 Å². The van der Waals surface area contributed by atoms with Gasteiger partial charge in [-0.05, 0) is 23.6 Å². The largest absolute Gasteiger partial charge is 0.467 e. The second kappa shape index (κ2) is 5.83. The first kappa shape index (κ1) is 13.4. The van der Waals surface area contributed by atoms with Crippen molar-refractivity contribution in [3.05, 3.63) is 50.7 Å². The zero-order valence-electron chi connectivity index (χ0n) is 10.5. The molecule has 0 saturated carbocycles. The molecule has 20 heavy (non-hydrogen) atoms. The molecule has 0 atom stereocenters. The summed E-state index contributed by atoms with van der Waals surface area (Å²) < 4.78 is 10.7. The highest BCUT2D eigenvalue weighted by molar-refractivity contribution is 7.12. The summed E-state index contributed by atoms with van der Waals surface area (Å²) in [5, 5.41) is 5.35. The number of hydrogen-bond donors (Lipinski definition) is 1. The average molecular weight is 310 g/mol. The van der Waals surface area contributed by atoms with E-state index in [2.05, 4.69) is 5.32 Å². The van der Waals surface area contributed by atoms with E-state index in [9.17, 15) is 4.79 Å².